The predicted octanol–water partition coefficient (Wildman–Crippen LogP) is 2.72. The maximum atomic E-state index is 12.8. The second-order valence-corrected chi connectivity index (χ2v) is 7.54. The highest BCUT2D eigenvalue weighted by atomic mass is 16.5. The molecule has 2 amide bonds. The van der Waals surface area contributed by atoms with Crippen LogP contribution in [0.5, 0.6) is 5.75 Å². The second-order valence-electron chi connectivity index (χ2n) is 7.54. The van der Waals surface area contributed by atoms with Crippen LogP contribution in [0.1, 0.15) is 42.4 Å². The van der Waals surface area contributed by atoms with Crippen molar-refractivity contribution < 1.29 is 14.3 Å². The molecule has 1 aliphatic heterocycles. The van der Waals surface area contributed by atoms with Crippen LogP contribution in [0.4, 0.5) is 0 Å². The molecule has 5 heteroatoms. The molecule has 0 unspecified atom stereocenters. The van der Waals surface area contributed by atoms with E-state index in [2.05, 4.69) is 0 Å². The normalized spacial score (nSPS) is 18.3. The van der Waals surface area contributed by atoms with Crippen LogP contribution < -0.4 is 4.74 Å². The smallest absolute Gasteiger partial charge is 0.227 e. The Morgan fingerprint density at radius 1 is 1.00 bits per heavy atom. The van der Waals surface area contributed by atoms with Crippen LogP contribution in [0, 0.1) is 19.8 Å². The molecule has 0 N–H and O–H groups in total. The lowest BCUT2D eigenvalue weighted by molar-refractivity contribution is -0.138. The first-order chi connectivity index (χ1) is 12.5. The number of amides is 2. The molecule has 1 aromatic carbocycles. The molecule has 1 saturated carbocycles. The van der Waals surface area contributed by atoms with Crippen molar-refractivity contribution in [1.82, 2.24) is 9.80 Å². The minimum Gasteiger partial charge on any atom is -0.496 e. The van der Waals surface area contributed by atoms with E-state index in [-0.39, 0.29) is 11.8 Å². The quantitative estimate of drug-likeness (QED) is 0.831. The van der Waals surface area contributed by atoms with E-state index >= 15 is 0 Å². The van der Waals surface area contributed by atoms with E-state index in [0.717, 1.165) is 54.8 Å². The predicted molar refractivity (Wildman–Crippen MR) is 101 cm³/mol. The zero-order valence-electron chi connectivity index (χ0n) is 16.2. The second kappa shape index (κ2) is 8.11. The first kappa shape index (κ1) is 18.7. The summed E-state index contributed by atoms with van der Waals surface area (Å²) in [6.07, 6.45) is 4.52. The van der Waals surface area contributed by atoms with Gasteiger partial charge in [-0.05, 0) is 55.9 Å². The molecular formula is C21H30N2O3. The van der Waals surface area contributed by atoms with E-state index < -0.39 is 0 Å². The number of methoxy groups -OCH3 is 1. The summed E-state index contributed by atoms with van der Waals surface area (Å²) in [7, 11) is 1.67. The van der Waals surface area contributed by atoms with Crippen molar-refractivity contribution >= 4 is 11.8 Å². The molecule has 5 nitrogen and oxygen atoms in total. The van der Waals surface area contributed by atoms with Crippen LogP contribution in [0.2, 0.25) is 0 Å². The van der Waals surface area contributed by atoms with Crippen LogP contribution in [-0.4, -0.2) is 54.9 Å². The van der Waals surface area contributed by atoms with Crippen molar-refractivity contribution in [3.8, 4) is 5.75 Å². The molecule has 142 valence electrons. The Bertz CT molecular complexity index is 682. The summed E-state index contributed by atoms with van der Waals surface area (Å²) < 4.78 is 5.35. The monoisotopic (exact) mass is 358 g/mol. The summed E-state index contributed by atoms with van der Waals surface area (Å²) in [6, 6.07) is 3.93. The third-order valence-electron chi connectivity index (χ3n) is 6.03. The number of benzene rings is 1. The molecule has 3 rings (SSSR count). The van der Waals surface area contributed by atoms with Gasteiger partial charge in [-0.3, -0.25) is 9.59 Å². The number of rotatable bonds is 4. The minimum absolute atomic E-state index is 0.149. The molecule has 0 bridgehead atoms. The SMILES string of the molecule is COc1ccc(CC(=O)N2CCCN(C(=O)C3CCC3)CC2)c(C)c1C. The molecular weight excluding hydrogens is 328 g/mol. The maximum Gasteiger partial charge on any atom is 0.227 e. The number of ether oxygens (including phenoxy) is 1. The fraction of sp³-hybridized carbons (Fsp3) is 0.619. The molecule has 1 aromatic rings. The van der Waals surface area contributed by atoms with Crippen LogP contribution in [-0.2, 0) is 16.0 Å². The Morgan fingerprint density at radius 2 is 1.69 bits per heavy atom. The van der Waals surface area contributed by atoms with Gasteiger partial charge in [-0.2, -0.15) is 0 Å². The summed E-state index contributed by atoms with van der Waals surface area (Å²) >= 11 is 0. The molecule has 0 spiro atoms. The Morgan fingerprint density at radius 3 is 2.35 bits per heavy atom. The van der Waals surface area contributed by atoms with E-state index in [4.69, 9.17) is 4.74 Å². The van der Waals surface area contributed by atoms with Gasteiger partial charge in [0.05, 0.1) is 13.5 Å². The molecule has 0 aromatic heterocycles. The third kappa shape index (κ3) is 3.87. The van der Waals surface area contributed by atoms with Crippen molar-refractivity contribution in [2.45, 2.75) is 46.0 Å². The molecule has 0 atom stereocenters. The lowest BCUT2D eigenvalue weighted by atomic mass is 9.84. The van der Waals surface area contributed by atoms with E-state index in [1.54, 1.807) is 7.11 Å². The molecule has 2 fully saturated rings. The topological polar surface area (TPSA) is 49.9 Å². The largest absolute Gasteiger partial charge is 0.496 e. The van der Waals surface area contributed by atoms with Gasteiger partial charge in [0.25, 0.3) is 0 Å². The fourth-order valence-corrected chi connectivity index (χ4v) is 3.84. The van der Waals surface area contributed by atoms with E-state index in [1.165, 1.54) is 6.42 Å². The van der Waals surface area contributed by atoms with Crippen LogP contribution in [0.15, 0.2) is 12.1 Å². The minimum atomic E-state index is 0.149. The van der Waals surface area contributed by atoms with Gasteiger partial charge in [0.1, 0.15) is 5.75 Å². The summed E-state index contributed by atoms with van der Waals surface area (Å²) in [6.45, 7) is 6.90. The summed E-state index contributed by atoms with van der Waals surface area (Å²) in [4.78, 5) is 29.2. The molecule has 1 heterocycles. The Balaban J connectivity index is 1.60. The number of carbonyl (C=O) groups is 2. The average molecular weight is 358 g/mol. The van der Waals surface area contributed by atoms with Gasteiger partial charge >= 0.3 is 0 Å². The van der Waals surface area contributed by atoms with Gasteiger partial charge in [0.2, 0.25) is 11.8 Å². The Hall–Kier alpha value is -2.04. The number of nitrogens with zero attached hydrogens (tertiary/aromatic N) is 2. The molecule has 1 saturated heterocycles. The lowest BCUT2D eigenvalue weighted by Crippen LogP contribution is -2.41. The van der Waals surface area contributed by atoms with Crippen LogP contribution in [0.3, 0.4) is 0 Å². The summed E-state index contributed by atoms with van der Waals surface area (Å²) in [5.74, 6) is 1.54. The summed E-state index contributed by atoms with van der Waals surface area (Å²) in [5, 5.41) is 0. The maximum absolute atomic E-state index is 12.8. The van der Waals surface area contributed by atoms with E-state index in [0.29, 0.717) is 25.4 Å². The van der Waals surface area contributed by atoms with E-state index in [1.807, 2.05) is 35.8 Å². The molecule has 1 aliphatic carbocycles. The van der Waals surface area contributed by atoms with Crippen molar-refractivity contribution in [3.63, 3.8) is 0 Å². The van der Waals surface area contributed by atoms with Crippen LogP contribution >= 0.6 is 0 Å². The van der Waals surface area contributed by atoms with Gasteiger partial charge in [0, 0.05) is 32.1 Å². The highest BCUT2D eigenvalue weighted by Gasteiger charge is 2.31. The van der Waals surface area contributed by atoms with Gasteiger partial charge in [-0.1, -0.05) is 12.5 Å². The van der Waals surface area contributed by atoms with Gasteiger partial charge in [-0.15, -0.1) is 0 Å². The van der Waals surface area contributed by atoms with Gasteiger partial charge < -0.3 is 14.5 Å². The Kier molecular flexibility index (Phi) is 5.84. The average Bonchev–Trinajstić information content (AvgIpc) is 2.84. The Labute approximate surface area is 156 Å². The third-order valence-corrected chi connectivity index (χ3v) is 6.03. The number of hydrogen-bond acceptors (Lipinski definition) is 3. The first-order valence-corrected chi connectivity index (χ1v) is 9.71. The van der Waals surface area contributed by atoms with Gasteiger partial charge in [0.15, 0.2) is 0 Å². The van der Waals surface area contributed by atoms with Crippen LogP contribution in [0.25, 0.3) is 0 Å². The zero-order chi connectivity index (χ0) is 18.7. The fourth-order valence-electron chi connectivity index (χ4n) is 3.84. The first-order valence-electron chi connectivity index (χ1n) is 9.71. The van der Waals surface area contributed by atoms with Gasteiger partial charge in [-0.25, -0.2) is 0 Å². The van der Waals surface area contributed by atoms with Crippen molar-refractivity contribution in [2.75, 3.05) is 33.3 Å². The van der Waals surface area contributed by atoms with Crippen molar-refractivity contribution in [2.24, 2.45) is 5.92 Å². The highest BCUT2D eigenvalue weighted by Crippen LogP contribution is 2.29. The lowest BCUT2D eigenvalue weighted by Gasteiger charge is -2.31. The number of carbonyl (C=O) groups excluding carboxylic acids is 2. The highest BCUT2D eigenvalue weighted by molar-refractivity contribution is 5.81. The van der Waals surface area contributed by atoms with E-state index in [9.17, 15) is 9.59 Å². The summed E-state index contributed by atoms with van der Waals surface area (Å²) in [5.41, 5.74) is 3.26. The standard InChI is InChI=1S/C21H30N2O3/c1-15-16(2)19(26-3)9-8-18(15)14-20(24)22-10-5-11-23(13-12-22)21(25)17-6-4-7-17/h8-9,17H,4-7,10-14H2,1-3H3. The number of hydrogen-bond donors (Lipinski definition) is 0. The molecule has 26 heavy (non-hydrogen) atoms. The molecule has 2 aliphatic rings. The zero-order valence-corrected chi connectivity index (χ0v) is 16.2. The van der Waals surface area contributed by atoms with Crippen molar-refractivity contribution in [1.29, 1.82) is 0 Å². The van der Waals surface area contributed by atoms with Crippen molar-refractivity contribution in [3.05, 3.63) is 28.8 Å². The molecule has 0 radical (unpaired) electrons.